The molecule has 0 saturated heterocycles. The van der Waals surface area contributed by atoms with Crippen LogP contribution in [0.5, 0.6) is 5.75 Å². The Kier molecular flexibility index (Phi) is 11.5. The van der Waals surface area contributed by atoms with Crippen LogP contribution in [0.1, 0.15) is 76.0 Å². The first-order chi connectivity index (χ1) is 14.2. The highest BCUT2D eigenvalue weighted by Crippen LogP contribution is 2.18. The van der Waals surface area contributed by atoms with Crippen molar-refractivity contribution in [3.8, 4) is 5.75 Å². The molecular weight excluding hydrogens is 371 g/mol. The van der Waals surface area contributed by atoms with Gasteiger partial charge in [0.25, 0.3) is 0 Å². The fourth-order valence-corrected chi connectivity index (χ4v) is 2.69. The van der Waals surface area contributed by atoms with E-state index in [-0.39, 0.29) is 5.82 Å². The molecular formula is C28H37FO. The van der Waals surface area contributed by atoms with E-state index < -0.39 is 0 Å². The van der Waals surface area contributed by atoms with Gasteiger partial charge in [0, 0.05) is 0 Å². The van der Waals surface area contributed by atoms with Crippen LogP contribution in [-0.2, 0) is 0 Å². The maximum absolute atomic E-state index is 12.5. The number of rotatable bonds is 4. The van der Waals surface area contributed by atoms with Gasteiger partial charge in [0.05, 0.1) is 7.11 Å². The lowest BCUT2D eigenvalue weighted by Gasteiger charge is -2.05. The van der Waals surface area contributed by atoms with Crippen molar-refractivity contribution in [2.45, 2.75) is 59.3 Å². The van der Waals surface area contributed by atoms with Crippen LogP contribution >= 0.6 is 0 Å². The molecule has 0 aromatic heterocycles. The van der Waals surface area contributed by atoms with E-state index >= 15 is 0 Å². The predicted octanol–water partition coefficient (Wildman–Crippen LogP) is 8.58. The van der Waals surface area contributed by atoms with E-state index in [4.69, 9.17) is 4.74 Å². The van der Waals surface area contributed by atoms with Crippen LogP contribution in [0, 0.1) is 5.82 Å². The molecule has 0 bridgehead atoms. The Hall–Kier alpha value is -2.61. The summed E-state index contributed by atoms with van der Waals surface area (Å²) >= 11 is 0. The minimum atomic E-state index is -0.147. The standard InChI is InChI=1S/C10H14O.C9H11F.C9H12/c1-8(2)9-4-6-10(11-3)7-5-9;1-7(2)8-4-3-5-9(10)6-8;1-8(2)9-6-4-3-5-7-9/h4-8H,1-3H3;3-7H,1-2H3;3-8H,1-2H3. The molecule has 3 aromatic carbocycles. The third kappa shape index (κ3) is 9.73. The van der Waals surface area contributed by atoms with E-state index in [1.165, 1.54) is 17.2 Å². The molecule has 0 amide bonds. The van der Waals surface area contributed by atoms with Crippen LogP contribution in [-0.4, -0.2) is 7.11 Å². The van der Waals surface area contributed by atoms with Crippen LogP contribution in [0.15, 0.2) is 78.9 Å². The van der Waals surface area contributed by atoms with E-state index in [1.54, 1.807) is 19.2 Å². The second-order valence-corrected chi connectivity index (χ2v) is 8.20. The average molecular weight is 409 g/mol. The van der Waals surface area contributed by atoms with Crippen molar-refractivity contribution in [1.82, 2.24) is 0 Å². The maximum atomic E-state index is 12.5. The third-order valence-electron chi connectivity index (χ3n) is 4.76. The largest absolute Gasteiger partial charge is 0.497 e. The van der Waals surface area contributed by atoms with E-state index in [0.29, 0.717) is 17.8 Å². The highest BCUT2D eigenvalue weighted by atomic mass is 19.1. The summed E-state index contributed by atoms with van der Waals surface area (Å²) in [5.74, 6) is 2.45. The zero-order valence-electron chi connectivity index (χ0n) is 19.5. The molecule has 162 valence electrons. The molecule has 0 radical (unpaired) electrons. The predicted molar refractivity (Wildman–Crippen MR) is 128 cm³/mol. The van der Waals surface area contributed by atoms with Gasteiger partial charge < -0.3 is 4.74 Å². The lowest BCUT2D eigenvalue weighted by atomic mass is 10.0. The number of hydrogen-bond donors (Lipinski definition) is 0. The van der Waals surface area contributed by atoms with Crippen molar-refractivity contribution in [2.24, 2.45) is 0 Å². The average Bonchev–Trinajstić information content (AvgIpc) is 2.75. The third-order valence-corrected chi connectivity index (χ3v) is 4.76. The summed E-state index contributed by atoms with van der Waals surface area (Å²) in [4.78, 5) is 0. The zero-order valence-corrected chi connectivity index (χ0v) is 19.5. The fourth-order valence-electron chi connectivity index (χ4n) is 2.69. The monoisotopic (exact) mass is 408 g/mol. The molecule has 3 rings (SSSR count). The van der Waals surface area contributed by atoms with Gasteiger partial charge in [-0.1, -0.05) is 96.1 Å². The van der Waals surface area contributed by atoms with Gasteiger partial charge in [0.1, 0.15) is 11.6 Å². The Morgan fingerprint density at radius 3 is 1.40 bits per heavy atom. The summed E-state index contributed by atoms with van der Waals surface area (Å²) in [6.45, 7) is 12.9. The number of benzene rings is 3. The van der Waals surface area contributed by atoms with Gasteiger partial charge in [0.15, 0.2) is 0 Å². The van der Waals surface area contributed by atoms with Crippen LogP contribution in [0.4, 0.5) is 4.39 Å². The van der Waals surface area contributed by atoms with Crippen molar-refractivity contribution in [3.63, 3.8) is 0 Å². The highest BCUT2D eigenvalue weighted by molar-refractivity contribution is 5.28. The number of ether oxygens (including phenoxy) is 1. The Balaban J connectivity index is 0.000000226. The molecule has 0 saturated carbocycles. The summed E-state index contributed by atoms with van der Waals surface area (Å²) in [6.07, 6.45) is 0. The first-order valence-electron chi connectivity index (χ1n) is 10.7. The molecule has 30 heavy (non-hydrogen) atoms. The molecule has 0 unspecified atom stereocenters. The summed E-state index contributed by atoms with van der Waals surface area (Å²) in [5.41, 5.74) is 3.82. The first-order valence-corrected chi connectivity index (χ1v) is 10.7. The summed E-state index contributed by atoms with van der Waals surface area (Å²) in [7, 11) is 1.68. The van der Waals surface area contributed by atoms with Gasteiger partial charge >= 0.3 is 0 Å². The molecule has 0 spiro atoms. The van der Waals surface area contributed by atoms with Crippen molar-refractivity contribution in [3.05, 3.63) is 101 Å². The van der Waals surface area contributed by atoms with E-state index in [1.807, 2.05) is 24.3 Å². The molecule has 0 heterocycles. The number of hydrogen-bond acceptors (Lipinski definition) is 1. The molecule has 3 aromatic rings. The van der Waals surface area contributed by atoms with E-state index in [2.05, 4.69) is 77.9 Å². The zero-order chi connectivity index (χ0) is 22.5. The van der Waals surface area contributed by atoms with E-state index in [9.17, 15) is 4.39 Å². The van der Waals surface area contributed by atoms with Gasteiger partial charge in [-0.2, -0.15) is 0 Å². The molecule has 1 nitrogen and oxygen atoms in total. The quantitative estimate of drug-likeness (QED) is 0.420. The van der Waals surface area contributed by atoms with Gasteiger partial charge in [0.2, 0.25) is 0 Å². The summed E-state index contributed by atoms with van der Waals surface area (Å²) in [6, 6.07) is 25.4. The smallest absolute Gasteiger partial charge is 0.123 e. The molecule has 0 N–H and O–H groups in total. The molecule has 2 heteroatoms. The van der Waals surface area contributed by atoms with Crippen molar-refractivity contribution >= 4 is 0 Å². The second kappa shape index (κ2) is 13.6. The van der Waals surface area contributed by atoms with Crippen LogP contribution < -0.4 is 4.74 Å². The highest BCUT2D eigenvalue weighted by Gasteiger charge is 1.98. The second-order valence-electron chi connectivity index (χ2n) is 8.20. The van der Waals surface area contributed by atoms with Gasteiger partial charge in [-0.25, -0.2) is 4.39 Å². The Bertz CT molecular complexity index is 821. The van der Waals surface area contributed by atoms with Crippen molar-refractivity contribution in [2.75, 3.05) is 7.11 Å². The summed E-state index contributed by atoms with van der Waals surface area (Å²) < 4.78 is 17.6. The van der Waals surface area contributed by atoms with Gasteiger partial charge in [-0.05, 0) is 58.7 Å². The van der Waals surface area contributed by atoms with Gasteiger partial charge in [-0.3, -0.25) is 0 Å². The Morgan fingerprint density at radius 2 is 1.03 bits per heavy atom. The minimum Gasteiger partial charge on any atom is -0.497 e. The molecule has 0 aliphatic rings. The topological polar surface area (TPSA) is 9.23 Å². The Labute approximate surface area is 182 Å². The van der Waals surface area contributed by atoms with Crippen molar-refractivity contribution < 1.29 is 9.13 Å². The minimum absolute atomic E-state index is 0.147. The van der Waals surface area contributed by atoms with Crippen LogP contribution in [0.25, 0.3) is 0 Å². The fraction of sp³-hybridized carbons (Fsp3) is 0.357. The molecule has 0 aliphatic carbocycles. The van der Waals surface area contributed by atoms with Crippen LogP contribution in [0.2, 0.25) is 0 Å². The van der Waals surface area contributed by atoms with Crippen LogP contribution in [0.3, 0.4) is 0 Å². The SMILES string of the molecule is CC(C)c1cccc(F)c1.CC(C)c1ccccc1.COc1ccc(C(C)C)cc1. The molecule has 0 atom stereocenters. The molecule has 0 fully saturated rings. The van der Waals surface area contributed by atoms with Gasteiger partial charge in [-0.15, -0.1) is 0 Å². The van der Waals surface area contributed by atoms with Crippen molar-refractivity contribution in [1.29, 1.82) is 0 Å². The number of halogens is 1. The first kappa shape index (κ1) is 25.4. The lowest BCUT2D eigenvalue weighted by Crippen LogP contribution is -1.87. The lowest BCUT2D eigenvalue weighted by molar-refractivity contribution is 0.414. The van der Waals surface area contributed by atoms with E-state index in [0.717, 1.165) is 11.3 Å². The maximum Gasteiger partial charge on any atom is 0.123 e. The summed E-state index contributed by atoms with van der Waals surface area (Å²) in [5, 5.41) is 0. The normalized spacial score (nSPS) is 10.2. The Morgan fingerprint density at radius 1 is 0.567 bits per heavy atom. The molecule has 0 aliphatic heterocycles. The number of methoxy groups -OCH3 is 1.